The average Bonchev–Trinajstić information content (AvgIpc) is 3.09. The third-order valence-corrected chi connectivity index (χ3v) is 5.04. The summed E-state index contributed by atoms with van der Waals surface area (Å²) in [6.07, 6.45) is 0. The van der Waals surface area contributed by atoms with Gasteiger partial charge in [-0.05, 0) is 60.7 Å². The van der Waals surface area contributed by atoms with Gasteiger partial charge in [-0.3, -0.25) is 4.79 Å². The molecule has 134 valence electrons. The van der Waals surface area contributed by atoms with Crippen molar-refractivity contribution in [1.82, 2.24) is 19.8 Å². The highest BCUT2D eigenvalue weighted by Gasteiger charge is 2.13. The number of hydrogen-bond donors (Lipinski definition) is 0. The molecule has 0 fully saturated rings. The van der Waals surface area contributed by atoms with Crippen LogP contribution in [0.1, 0.15) is 10.4 Å². The van der Waals surface area contributed by atoms with Crippen molar-refractivity contribution >= 4 is 34.8 Å². The predicted molar refractivity (Wildman–Crippen MR) is 103 cm³/mol. The number of fused-ring (bicyclic) bond motifs is 1. The highest BCUT2D eigenvalue weighted by Crippen LogP contribution is 2.22. The molecule has 0 spiro atoms. The van der Waals surface area contributed by atoms with Crippen LogP contribution in [0.15, 0.2) is 65.8 Å². The van der Waals surface area contributed by atoms with E-state index in [-0.39, 0.29) is 17.4 Å². The summed E-state index contributed by atoms with van der Waals surface area (Å²) in [5.74, 6) is -0.144. The largest absolute Gasteiger partial charge is 0.293 e. The van der Waals surface area contributed by atoms with Crippen LogP contribution in [-0.4, -0.2) is 31.3 Å². The summed E-state index contributed by atoms with van der Waals surface area (Å²) >= 11 is 7.10. The van der Waals surface area contributed by atoms with Crippen LogP contribution in [0.2, 0.25) is 5.02 Å². The fourth-order valence-corrected chi connectivity index (χ4v) is 3.39. The average molecular weight is 399 g/mol. The predicted octanol–water partition coefficient (Wildman–Crippen LogP) is 4.56. The van der Waals surface area contributed by atoms with Gasteiger partial charge in [0.15, 0.2) is 11.4 Å². The number of thioether (sulfide) groups is 1. The lowest BCUT2D eigenvalue weighted by Crippen LogP contribution is -2.03. The highest BCUT2D eigenvalue weighted by molar-refractivity contribution is 7.99. The quantitative estimate of drug-likeness (QED) is 0.364. The Balaban J connectivity index is 1.56. The molecule has 4 rings (SSSR count). The Morgan fingerprint density at radius 1 is 1.00 bits per heavy atom. The van der Waals surface area contributed by atoms with E-state index in [0.29, 0.717) is 27.1 Å². The third-order valence-electron chi connectivity index (χ3n) is 3.87. The van der Waals surface area contributed by atoms with Crippen LogP contribution in [0.4, 0.5) is 4.39 Å². The van der Waals surface area contributed by atoms with Crippen molar-refractivity contribution in [2.24, 2.45) is 0 Å². The van der Waals surface area contributed by atoms with Gasteiger partial charge in [-0.2, -0.15) is 9.61 Å². The van der Waals surface area contributed by atoms with Crippen LogP contribution in [0.5, 0.6) is 0 Å². The van der Waals surface area contributed by atoms with Crippen molar-refractivity contribution in [2.45, 2.75) is 5.16 Å². The van der Waals surface area contributed by atoms with E-state index < -0.39 is 0 Å². The molecule has 0 saturated carbocycles. The van der Waals surface area contributed by atoms with Crippen LogP contribution < -0.4 is 0 Å². The Kier molecular flexibility index (Phi) is 4.87. The minimum Gasteiger partial charge on any atom is -0.293 e. The maximum atomic E-state index is 13.1. The number of carbonyl (C=O) groups is 1. The molecule has 2 heterocycles. The molecule has 4 aromatic rings. The van der Waals surface area contributed by atoms with Crippen molar-refractivity contribution in [2.75, 3.05) is 5.75 Å². The van der Waals surface area contributed by atoms with Gasteiger partial charge in [0.05, 0.1) is 11.4 Å². The molecule has 5 nitrogen and oxygen atoms in total. The summed E-state index contributed by atoms with van der Waals surface area (Å²) in [5, 5.41) is 13.8. The number of nitrogens with zero attached hydrogens (tertiary/aromatic N) is 4. The second-order valence-corrected chi connectivity index (χ2v) is 7.08. The van der Waals surface area contributed by atoms with Crippen molar-refractivity contribution in [3.63, 3.8) is 0 Å². The van der Waals surface area contributed by atoms with Gasteiger partial charge in [0.2, 0.25) is 5.16 Å². The molecule has 0 N–H and O–H groups in total. The number of aromatic nitrogens is 4. The number of halogens is 2. The van der Waals surface area contributed by atoms with Crippen LogP contribution >= 0.6 is 23.4 Å². The molecule has 0 aliphatic carbocycles. The first-order chi connectivity index (χ1) is 13.1. The van der Waals surface area contributed by atoms with Crippen molar-refractivity contribution in [3.8, 4) is 11.3 Å². The van der Waals surface area contributed by atoms with Gasteiger partial charge in [-0.25, -0.2) is 4.39 Å². The minimum atomic E-state index is -0.305. The molecule has 0 unspecified atom stereocenters. The second-order valence-electron chi connectivity index (χ2n) is 5.70. The van der Waals surface area contributed by atoms with Gasteiger partial charge < -0.3 is 0 Å². The van der Waals surface area contributed by atoms with E-state index in [1.807, 2.05) is 0 Å². The summed E-state index contributed by atoms with van der Waals surface area (Å²) < 4.78 is 14.7. The van der Waals surface area contributed by atoms with Crippen LogP contribution in [0, 0.1) is 5.82 Å². The van der Waals surface area contributed by atoms with E-state index in [1.54, 1.807) is 53.0 Å². The number of hydrogen-bond acceptors (Lipinski definition) is 5. The molecule has 8 heteroatoms. The van der Waals surface area contributed by atoms with Crippen molar-refractivity contribution in [3.05, 3.63) is 77.1 Å². The Hall–Kier alpha value is -2.77. The molecule has 2 aromatic heterocycles. The number of Topliss-reactive ketones (excluding diaryl/α,β-unsaturated/α-hetero) is 1. The zero-order valence-corrected chi connectivity index (χ0v) is 15.4. The summed E-state index contributed by atoms with van der Waals surface area (Å²) in [7, 11) is 0. The fourth-order valence-electron chi connectivity index (χ4n) is 2.48. The van der Waals surface area contributed by atoms with Crippen LogP contribution in [0.3, 0.4) is 0 Å². The molecule has 0 atom stereocenters. The first-order valence-electron chi connectivity index (χ1n) is 8.00. The van der Waals surface area contributed by atoms with E-state index >= 15 is 0 Å². The van der Waals surface area contributed by atoms with Gasteiger partial charge in [0, 0.05) is 16.1 Å². The Bertz CT molecular complexity index is 1110. The Morgan fingerprint density at radius 2 is 1.74 bits per heavy atom. The monoisotopic (exact) mass is 398 g/mol. The zero-order chi connectivity index (χ0) is 18.8. The fraction of sp³-hybridized carbons (Fsp3) is 0.0526. The summed E-state index contributed by atoms with van der Waals surface area (Å²) in [6.45, 7) is 0. The van der Waals surface area contributed by atoms with E-state index in [1.165, 1.54) is 23.9 Å². The van der Waals surface area contributed by atoms with E-state index in [0.717, 1.165) is 5.56 Å². The SMILES string of the molecule is O=C(CSc1nnc2ccc(-c3ccc(F)cc3)nn12)c1ccc(Cl)cc1. The number of rotatable bonds is 5. The van der Waals surface area contributed by atoms with Crippen LogP contribution in [0.25, 0.3) is 16.9 Å². The smallest absolute Gasteiger partial charge is 0.212 e. The van der Waals surface area contributed by atoms with Gasteiger partial charge in [0.1, 0.15) is 5.82 Å². The normalized spacial score (nSPS) is 11.0. The highest BCUT2D eigenvalue weighted by atomic mass is 35.5. The van der Waals surface area contributed by atoms with Gasteiger partial charge in [0.25, 0.3) is 0 Å². The summed E-state index contributed by atoms with van der Waals surface area (Å²) in [6, 6.07) is 16.4. The molecule has 0 aliphatic heterocycles. The molecule has 2 aromatic carbocycles. The first kappa shape index (κ1) is 17.6. The first-order valence-corrected chi connectivity index (χ1v) is 9.36. The molecule has 0 saturated heterocycles. The molecular formula is C19H12ClFN4OS. The lowest BCUT2D eigenvalue weighted by atomic mass is 10.1. The number of benzene rings is 2. The zero-order valence-electron chi connectivity index (χ0n) is 13.8. The maximum absolute atomic E-state index is 13.1. The van der Waals surface area contributed by atoms with Gasteiger partial charge in [-0.1, -0.05) is 23.4 Å². The van der Waals surface area contributed by atoms with Crippen molar-refractivity contribution in [1.29, 1.82) is 0 Å². The topological polar surface area (TPSA) is 60.2 Å². The number of ketones is 1. The van der Waals surface area contributed by atoms with Gasteiger partial charge >= 0.3 is 0 Å². The van der Waals surface area contributed by atoms with Gasteiger partial charge in [-0.15, -0.1) is 10.2 Å². The summed E-state index contributed by atoms with van der Waals surface area (Å²) in [5.41, 5.74) is 2.59. The minimum absolute atomic E-state index is 0.0388. The molecule has 0 aliphatic rings. The Morgan fingerprint density at radius 3 is 2.48 bits per heavy atom. The molecule has 0 radical (unpaired) electrons. The molecular weight excluding hydrogens is 387 g/mol. The second kappa shape index (κ2) is 7.46. The van der Waals surface area contributed by atoms with E-state index in [2.05, 4.69) is 15.3 Å². The molecule has 0 bridgehead atoms. The Labute approximate surface area is 163 Å². The third kappa shape index (κ3) is 3.84. The number of carbonyl (C=O) groups excluding carboxylic acids is 1. The molecule has 0 amide bonds. The maximum Gasteiger partial charge on any atom is 0.212 e. The summed E-state index contributed by atoms with van der Waals surface area (Å²) in [4.78, 5) is 12.3. The van der Waals surface area contributed by atoms with E-state index in [9.17, 15) is 9.18 Å². The van der Waals surface area contributed by atoms with E-state index in [4.69, 9.17) is 11.6 Å². The van der Waals surface area contributed by atoms with Crippen LogP contribution in [-0.2, 0) is 0 Å². The molecule has 27 heavy (non-hydrogen) atoms. The lowest BCUT2D eigenvalue weighted by molar-refractivity contribution is 0.102. The van der Waals surface area contributed by atoms with Crippen molar-refractivity contribution < 1.29 is 9.18 Å². The lowest BCUT2D eigenvalue weighted by Gasteiger charge is -2.03. The standard InChI is InChI=1S/C19H12ClFN4OS/c20-14-5-1-13(2-6-14)17(26)11-27-19-23-22-18-10-9-16(24-25(18)19)12-3-7-15(21)8-4-12/h1-10H,11H2.